The van der Waals surface area contributed by atoms with Gasteiger partial charge in [-0.25, -0.2) is 14.8 Å². The van der Waals surface area contributed by atoms with E-state index in [0.29, 0.717) is 28.2 Å². The number of imidazole rings is 1. The van der Waals surface area contributed by atoms with Crippen LogP contribution in [0.5, 0.6) is 5.75 Å². The molecule has 0 unspecified atom stereocenters. The highest BCUT2D eigenvalue weighted by atomic mass is 32.1. The first-order valence-corrected chi connectivity index (χ1v) is 11.8. The number of nitrogens with one attached hydrogen (secondary N) is 2. The van der Waals surface area contributed by atoms with E-state index < -0.39 is 29.2 Å². The lowest BCUT2D eigenvalue weighted by Crippen LogP contribution is -2.26. The molecule has 11 heteroatoms. The molecule has 0 aliphatic heterocycles. The Morgan fingerprint density at radius 1 is 1.03 bits per heavy atom. The van der Waals surface area contributed by atoms with Crippen molar-refractivity contribution in [3.05, 3.63) is 100 Å². The van der Waals surface area contributed by atoms with Crippen molar-refractivity contribution in [3.8, 4) is 17.1 Å². The lowest BCUT2D eigenvalue weighted by Gasteiger charge is -2.11. The van der Waals surface area contributed by atoms with Crippen molar-refractivity contribution < 1.29 is 27.5 Å². The Kier molecular flexibility index (Phi) is 6.45. The average molecular weight is 523 g/mol. The van der Waals surface area contributed by atoms with Gasteiger partial charge in [0.15, 0.2) is 5.78 Å². The summed E-state index contributed by atoms with van der Waals surface area (Å²) in [6, 6.07) is 15.7. The van der Waals surface area contributed by atoms with Crippen molar-refractivity contribution in [2.45, 2.75) is 12.7 Å². The minimum absolute atomic E-state index is 0.121. The number of aromatic amines is 1. The van der Waals surface area contributed by atoms with Crippen molar-refractivity contribution in [2.24, 2.45) is 0 Å². The molecule has 2 N–H and O–H groups in total. The van der Waals surface area contributed by atoms with Crippen LogP contribution in [0.3, 0.4) is 0 Å². The molecule has 0 aliphatic rings. The highest BCUT2D eigenvalue weighted by molar-refractivity contribution is 7.09. The number of aromatic nitrogens is 3. The Balaban J connectivity index is 1.31. The third-order valence-electron chi connectivity index (χ3n) is 5.43. The number of hydrogen-bond acceptors (Lipinski definition) is 6. The van der Waals surface area contributed by atoms with Crippen LogP contribution in [0.4, 0.5) is 18.0 Å². The molecule has 0 saturated carbocycles. The maximum Gasteiger partial charge on any atom is 0.417 e. The fourth-order valence-corrected chi connectivity index (χ4v) is 4.24. The first-order chi connectivity index (χ1) is 17.8. The molecule has 5 aromatic rings. The average Bonchev–Trinajstić information content (AvgIpc) is 3.56. The Hall–Kier alpha value is -4.51. The molecule has 0 fully saturated rings. The molecule has 2 aromatic heterocycles. The summed E-state index contributed by atoms with van der Waals surface area (Å²) in [5.41, 5.74) is 0.590. The number of benzene rings is 3. The minimum atomic E-state index is -4.63. The quantitative estimate of drug-likeness (QED) is 0.258. The molecule has 1 amide bonds. The van der Waals surface area contributed by atoms with Crippen molar-refractivity contribution in [1.82, 2.24) is 20.3 Å². The first kappa shape index (κ1) is 24.2. The van der Waals surface area contributed by atoms with E-state index in [-0.39, 0.29) is 12.1 Å². The van der Waals surface area contributed by atoms with E-state index in [1.165, 1.54) is 35.6 Å². The molecule has 186 valence electrons. The molecule has 0 radical (unpaired) electrons. The Bertz CT molecular complexity index is 1580. The zero-order chi connectivity index (χ0) is 26.0. The highest BCUT2D eigenvalue weighted by Gasteiger charge is 2.35. The predicted octanol–water partition coefficient (Wildman–Crippen LogP) is 6.22. The van der Waals surface area contributed by atoms with Crippen LogP contribution in [-0.4, -0.2) is 26.8 Å². The van der Waals surface area contributed by atoms with Gasteiger partial charge in [0.05, 0.1) is 23.1 Å². The second-order valence-electron chi connectivity index (χ2n) is 7.88. The van der Waals surface area contributed by atoms with E-state index in [0.717, 1.165) is 17.1 Å². The normalized spacial score (nSPS) is 11.4. The molecule has 0 spiro atoms. The lowest BCUT2D eigenvalue weighted by atomic mass is 9.97. The largest absolute Gasteiger partial charge is 0.417 e. The number of halogens is 3. The maximum absolute atomic E-state index is 13.3. The molecular weight excluding hydrogens is 505 g/mol. The van der Waals surface area contributed by atoms with Gasteiger partial charge in [0, 0.05) is 34.3 Å². The molecular formula is C26H17F3N4O3S. The number of amides is 1. The minimum Gasteiger partial charge on any atom is -0.410 e. The van der Waals surface area contributed by atoms with Gasteiger partial charge in [-0.3, -0.25) is 4.79 Å². The van der Waals surface area contributed by atoms with E-state index in [2.05, 4.69) is 20.3 Å². The molecule has 0 atom stereocenters. The zero-order valence-corrected chi connectivity index (χ0v) is 19.7. The lowest BCUT2D eigenvalue weighted by molar-refractivity contribution is -0.137. The summed E-state index contributed by atoms with van der Waals surface area (Å²) in [6.45, 7) is 0.256. The van der Waals surface area contributed by atoms with Crippen LogP contribution >= 0.6 is 11.3 Å². The Morgan fingerprint density at radius 3 is 2.54 bits per heavy atom. The summed E-state index contributed by atoms with van der Waals surface area (Å²) in [7, 11) is 0. The molecule has 2 heterocycles. The van der Waals surface area contributed by atoms with Crippen LogP contribution in [-0.2, 0) is 12.7 Å². The summed E-state index contributed by atoms with van der Waals surface area (Å²) in [6.07, 6.45) is -3.61. The summed E-state index contributed by atoms with van der Waals surface area (Å²) in [4.78, 5) is 36.6. The number of thiazole rings is 1. The van der Waals surface area contributed by atoms with Crippen LogP contribution in [0.1, 0.15) is 26.5 Å². The van der Waals surface area contributed by atoms with Crippen molar-refractivity contribution >= 4 is 34.2 Å². The van der Waals surface area contributed by atoms with Crippen LogP contribution < -0.4 is 10.1 Å². The van der Waals surface area contributed by atoms with Crippen molar-refractivity contribution in [3.63, 3.8) is 0 Å². The van der Waals surface area contributed by atoms with Crippen LogP contribution in [0.2, 0.25) is 0 Å². The molecule has 37 heavy (non-hydrogen) atoms. The van der Waals surface area contributed by atoms with Crippen LogP contribution in [0.25, 0.3) is 22.4 Å². The molecule has 5 rings (SSSR count). The van der Waals surface area contributed by atoms with Gasteiger partial charge in [0.1, 0.15) is 16.6 Å². The van der Waals surface area contributed by atoms with Crippen molar-refractivity contribution in [2.75, 3.05) is 0 Å². The maximum atomic E-state index is 13.3. The van der Waals surface area contributed by atoms with Gasteiger partial charge < -0.3 is 15.0 Å². The van der Waals surface area contributed by atoms with E-state index in [1.54, 1.807) is 36.5 Å². The third kappa shape index (κ3) is 5.36. The number of ketones is 1. The van der Waals surface area contributed by atoms with E-state index in [1.807, 2.05) is 5.38 Å². The summed E-state index contributed by atoms with van der Waals surface area (Å²) < 4.78 is 45.2. The SMILES string of the molecule is O=C(NCc1nccs1)Oc1ccc2[nH]c(-c3ccc(C(=O)c4ccccc4C(F)(F)F)cc3)nc2c1. The van der Waals surface area contributed by atoms with Gasteiger partial charge in [-0.1, -0.05) is 42.5 Å². The van der Waals surface area contributed by atoms with Gasteiger partial charge in [0.25, 0.3) is 0 Å². The smallest absolute Gasteiger partial charge is 0.410 e. The predicted molar refractivity (Wildman–Crippen MR) is 131 cm³/mol. The monoisotopic (exact) mass is 522 g/mol. The number of alkyl halides is 3. The number of hydrogen-bond donors (Lipinski definition) is 2. The zero-order valence-electron chi connectivity index (χ0n) is 18.9. The summed E-state index contributed by atoms with van der Waals surface area (Å²) in [5, 5.41) is 5.18. The number of nitrogens with zero attached hydrogens (tertiary/aromatic N) is 2. The molecule has 7 nitrogen and oxygen atoms in total. The summed E-state index contributed by atoms with van der Waals surface area (Å²) in [5.74, 6) is 0.0560. The summed E-state index contributed by atoms with van der Waals surface area (Å²) >= 11 is 1.42. The van der Waals surface area contributed by atoms with Gasteiger partial charge in [-0.05, 0) is 18.2 Å². The molecule has 3 aromatic carbocycles. The van der Waals surface area contributed by atoms with Gasteiger partial charge in [0.2, 0.25) is 0 Å². The Morgan fingerprint density at radius 2 is 1.81 bits per heavy atom. The number of fused-ring (bicyclic) bond motifs is 1. The first-order valence-electron chi connectivity index (χ1n) is 10.9. The van der Waals surface area contributed by atoms with E-state index in [4.69, 9.17) is 4.74 Å². The fraction of sp³-hybridized carbons (Fsp3) is 0.0769. The van der Waals surface area contributed by atoms with E-state index in [9.17, 15) is 22.8 Å². The standard InChI is InChI=1S/C26H17F3N4O3S/c27-26(28,29)19-4-2-1-3-18(19)23(34)15-5-7-16(8-6-15)24-32-20-10-9-17(13-21(20)33-24)36-25(35)31-14-22-30-11-12-37-22/h1-13H,14H2,(H,31,35)(H,32,33). The number of ether oxygens (including phenoxy) is 1. The highest BCUT2D eigenvalue weighted by Crippen LogP contribution is 2.33. The van der Waals surface area contributed by atoms with Gasteiger partial charge in [-0.15, -0.1) is 11.3 Å². The fourth-order valence-electron chi connectivity index (χ4n) is 3.68. The second kappa shape index (κ2) is 9.86. The molecule has 0 aliphatic carbocycles. The number of carbonyl (C=O) groups excluding carboxylic acids is 2. The second-order valence-corrected chi connectivity index (χ2v) is 8.86. The number of carbonyl (C=O) groups is 2. The van der Waals surface area contributed by atoms with Crippen LogP contribution in [0.15, 0.2) is 78.3 Å². The Labute approximate surface area is 212 Å². The van der Waals surface area contributed by atoms with Gasteiger partial charge >= 0.3 is 12.3 Å². The van der Waals surface area contributed by atoms with Gasteiger partial charge in [-0.2, -0.15) is 13.2 Å². The molecule has 0 bridgehead atoms. The molecule has 0 saturated heterocycles. The number of rotatable bonds is 6. The third-order valence-corrected chi connectivity index (χ3v) is 6.21. The topological polar surface area (TPSA) is 97.0 Å². The van der Waals surface area contributed by atoms with E-state index >= 15 is 0 Å². The van der Waals surface area contributed by atoms with Crippen LogP contribution in [0, 0.1) is 0 Å². The van der Waals surface area contributed by atoms with Crippen molar-refractivity contribution in [1.29, 1.82) is 0 Å². The number of H-pyrrole nitrogens is 1.